The summed E-state index contributed by atoms with van der Waals surface area (Å²) in [6.07, 6.45) is 3.45. The number of hydrogen-bond donors (Lipinski definition) is 1. The highest BCUT2D eigenvalue weighted by Crippen LogP contribution is 2.09. The molecule has 0 spiro atoms. The van der Waals surface area contributed by atoms with E-state index in [1.54, 1.807) is 28.0 Å². The Bertz CT molecular complexity index is 736. The molecule has 3 rings (SSSR count). The van der Waals surface area contributed by atoms with Gasteiger partial charge in [0.15, 0.2) is 0 Å². The van der Waals surface area contributed by atoms with Crippen molar-refractivity contribution >= 4 is 22.9 Å². The number of pyridine rings is 1. The molecule has 3 aromatic heterocycles. The van der Waals surface area contributed by atoms with E-state index in [2.05, 4.69) is 10.3 Å². The van der Waals surface area contributed by atoms with E-state index in [9.17, 15) is 9.18 Å². The Balaban J connectivity index is 1.63. The van der Waals surface area contributed by atoms with Crippen LogP contribution >= 0.6 is 11.3 Å². The van der Waals surface area contributed by atoms with Crippen molar-refractivity contribution in [2.24, 2.45) is 0 Å². The number of fused-ring (bicyclic) bond motifs is 1. The second-order valence-electron chi connectivity index (χ2n) is 4.38. The average molecular weight is 289 g/mol. The molecule has 6 heteroatoms. The molecule has 0 aliphatic heterocycles. The van der Waals surface area contributed by atoms with Crippen molar-refractivity contribution < 1.29 is 9.18 Å². The third-order valence-electron chi connectivity index (χ3n) is 2.85. The number of halogens is 1. The minimum Gasteiger partial charge on any atom is -0.350 e. The van der Waals surface area contributed by atoms with Crippen molar-refractivity contribution in [3.63, 3.8) is 0 Å². The van der Waals surface area contributed by atoms with Crippen molar-refractivity contribution in [3.05, 3.63) is 58.4 Å². The molecule has 1 amide bonds. The summed E-state index contributed by atoms with van der Waals surface area (Å²) in [7, 11) is 0. The van der Waals surface area contributed by atoms with Crippen molar-refractivity contribution in [2.45, 2.75) is 13.0 Å². The fraction of sp³-hybridized carbons (Fsp3) is 0.143. The molecule has 0 radical (unpaired) electrons. The molecule has 0 saturated carbocycles. The summed E-state index contributed by atoms with van der Waals surface area (Å²) in [5.74, 6) is -0.362. The van der Waals surface area contributed by atoms with E-state index >= 15 is 0 Å². The predicted octanol–water partition coefficient (Wildman–Crippen LogP) is 2.39. The number of carbonyl (C=O) groups is 1. The smallest absolute Gasteiger partial charge is 0.225 e. The van der Waals surface area contributed by atoms with E-state index in [-0.39, 0.29) is 11.7 Å². The summed E-state index contributed by atoms with van der Waals surface area (Å²) in [5, 5.41) is 4.75. The van der Waals surface area contributed by atoms with E-state index in [0.717, 1.165) is 4.88 Å². The molecule has 102 valence electrons. The lowest BCUT2D eigenvalue weighted by Crippen LogP contribution is -2.24. The van der Waals surface area contributed by atoms with Crippen molar-refractivity contribution in [3.8, 4) is 0 Å². The summed E-state index contributed by atoms with van der Waals surface area (Å²) in [5.41, 5.74) is 1.36. The number of imidazole rings is 1. The third-order valence-corrected chi connectivity index (χ3v) is 3.72. The molecule has 3 heterocycles. The summed E-state index contributed by atoms with van der Waals surface area (Å²) in [4.78, 5) is 17.1. The van der Waals surface area contributed by atoms with Crippen molar-refractivity contribution in [2.75, 3.05) is 0 Å². The van der Waals surface area contributed by atoms with Gasteiger partial charge in [-0.2, -0.15) is 0 Å². The summed E-state index contributed by atoms with van der Waals surface area (Å²) in [6.45, 7) is 0.341. The highest BCUT2D eigenvalue weighted by atomic mass is 32.1. The van der Waals surface area contributed by atoms with Crippen LogP contribution in [-0.4, -0.2) is 15.3 Å². The van der Waals surface area contributed by atoms with Gasteiger partial charge in [-0.05, 0) is 23.6 Å². The van der Waals surface area contributed by atoms with Gasteiger partial charge in [-0.1, -0.05) is 6.07 Å². The van der Waals surface area contributed by atoms with Crippen LogP contribution in [0.15, 0.2) is 42.0 Å². The first-order chi connectivity index (χ1) is 9.70. The number of aromatic nitrogens is 2. The fourth-order valence-corrected chi connectivity index (χ4v) is 2.63. The van der Waals surface area contributed by atoms with Crippen LogP contribution in [0.25, 0.3) is 5.65 Å². The Hall–Kier alpha value is -2.21. The van der Waals surface area contributed by atoms with Gasteiger partial charge >= 0.3 is 0 Å². The van der Waals surface area contributed by atoms with Crippen LogP contribution < -0.4 is 5.32 Å². The second-order valence-corrected chi connectivity index (χ2v) is 5.41. The molecule has 4 nitrogen and oxygen atoms in total. The Morgan fingerprint density at radius 3 is 3.05 bits per heavy atom. The Morgan fingerprint density at radius 1 is 1.35 bits per heavy atom. The topological polar surface area (TPSA) is 46.4 Å². The zero-order chi connectivity index (χ0) is 13.9. The first-order valence-electron chi connectivity index (χ1n) is 6.13. The lowest BCUT2D eigenvalue weighted by Gasteiger charge is -2.01. The van der Waals surface area contributed by atoms with Crippen LogP contribution in [0.3, 0.4) is 0 Å². The highest BCUT2D eigenvalue weighted by Gasteiger charge is 2.06. The maximum atomic E-state index is 13.1. The molecule has 0 aliphatic rings. The maximum absolute atomic E-state index is 13.1. The van der Waals surface area contributed by atoms with Gasteiger partial charge in [0.25, 0.3) is 0 Å². The van der Waals surface area contributed by atoms with Crippen LogP contribution in [0.4, 0.5) is 4.39 Å². The molecule has 0 unspecified atom stereocenters. The van der Waals surface area contributed by atoms with Gasteiger partial charge in [0.1, 0.15) is 11.5 Å². The monoisotopic (exact) mass is 289 g/mol. The Labute approximate surface area is 118 Å². The SMILES string of the molecule is O=C(Cc1cccs1)NCc1cn2cc(F)ccc2n1. The van der Waals surface area contributed by atoms with Crippen LogP contribution in [0.5, 0.6) is 0 Å². The Kier molecular flexibility index (Phi) is 3.47. The van der Waals surface area contributed by atoms with Crippen molar-refractivity contribution in [1.29, 1.82) is 0 Å². The summed E-state index contributed by atoms with van der Waals surface area (Å²) in [6, 6.07) is 6.82. The number of carbonyl (C=O) groups excluding carboxylic acids is 1. The molecule has 0 aromatic carbocycles. The number of nitrogens with one attached hydrogen (secondary N) is 1. The fourth-order valence-electron chi connectivity index (χ4n) is 1.93. The molecule has 1 N–H and O–H groups in total. The zero-order valence-electron chi connectivity index (χ0n) is 10.5. The van der Waals surface area contributed by atoms with Gasteiger partial charge in [0, 0.05) is 17.3 Å². The maximum Gasteiger partial charge on any atom is 0.225 e. The standard InChI is InChI=1S/C14H12FN3OS/c15-10-3-4-13-17-11(9-18(13)8-10)7-16-14(19)6-12-2-1-5-20-12/h1-5,8-9H,6-7H2,(H,16,19). The van der Waals surface area contributed by atoms with Crippen LogP contribution in [-0.2, 0) is 17.8 Å². The van der Waals surface area contributed by atoms with Gasteiger partial charge < -0.3 is 9.72 Å². The van der Waals surface area contributed by atoms with Crippen LogP contribution in [0.2, 0.25) is 0 Å². The van der Waals surface area contributed by atoms with Crippen LogP contribution in [0, 0.1) is 5.82 Å². The summed E-state index contributed by atoms with van der Waals surface area (Å²) >= 11 is 1.56. The third kappa shape index (κ3) is 2.85. The predicted molar refractivity (Wildman–Crippen MR) is 75.0 cm³/mol. The molecule has 0 saturated heterocycles. The van der Waals surface area contributed by atoms with Crippen LogP contribution in [0.1, 0.15) is 10.6 Å². The number of nitrogens with zero attached hydrogens (tertiary/aromatic N) is 2. The molecule has 0 atom stereocenters. The van der Waals surface area contributed by atoms with Gasteiger partial charge in [0.05, 0.1) is 18.7 Å². The van der Waals surface area contributed by atoms with Gasteiger partial charge in [-0.15, -0.1) is 11.3 Å². The first kappa shape index (κ1) is 12.8. The van der Waals surface area contributed by atoms with E-state index < -0.39 is 0 Å². The molecular formula is C14H12FN3OS. The lowest BCUT2D eigenvalue weighted by molar-refractivity contribution is -0.120. The average Bonchev–Trinajstić information content (AvgIpc) is 3.04. The minimum absolute atomic E-state index is 0.0457. The normalized spacial score (nSPS) is 10.8. The molecule has 0 fully saturated rings. The van der Waals surface area contributed by atoms with E-state index in [4.69, 9.17) is 0 Å². The van der Waals surface area contributed by atoms with Gasteiger partial charge in [0.2, 0.25) is 5.91 Å². The quantitative estimate of drug-likeness (QED) is 0.801. The molecule has 0 aliphatic carbocycles. The second kappa shape index (κ2) is 5.42. The summed E-state index contributed by atoms with van der Waals surface area (Å²) < 4.78 is 14.7. The lowest BCUT2D eigenvalue weighted by atomic mass is 10.3. The zero-order valence-corrected chi connectivity index (χ0v) is 11.4. The van der Waals surface area contributed by atoms with E-state index in [1.165, 1.54) is 12.3 Å². The van der Waals surface area contributed by atoms with Crippen molar-refractivity contribution in [1.82, 2.24) is 14.7 Å². The highest BCUT2D eigenvalue weighted by molar-refractivity contribution is 7.10. The number of thiophene rings is 1. The van der Waals surface area contributed by atoms with Gasteiger partial charge in [-0.25, -0.2) is 9.37 Å². The van der Waals surface area contributed by atoms with E-state index in [1.807, 2.05) is 17.5 Å². The Morgan fingerprint density at radius 2 is 2.25 bits per heavy atom. The molecule has 20 heavy (non-hydrogen) atoms. The first-order valence-corrected chi connectivity index (χ1v) is 7.01. The van der Waals surface area contributed by atoms with Gasteiger partial charge in [-0.3, -0.25) is 4.79 Å². The number of rotatable bonds is 4. The van der Waals surface area contributed by atoms with E-state index in [0.29, 0.717) is 24.3 Å². The molecule has 0 bridgehead atoms. The molecule has 3 aromatic rings. The molecular weight excluding hydrogens is 277 g/mol. The number of hydrogen-bond acceptors (Lipinski definition) is 3. The minimum atomic E-state index is -0.316. The number of amides is 1. The largest absolute Gasteiger partial charge is 0.350 e.